The number of fused-ring (bicyclic) bond motifs is 1. The molecule has 2 aromatic carbocycles. The van der Waals surface area contributed by atoms with E-state index >= 15 is 0 Å². The number of aryl methyl sites for hydroxylation is 1. The zero-order valence-corrected chi connectivity index (χ0v) is 16.4. The number of anilines is 2. The van der Waals surface area contributed by atoms with Gasteiger partial charge in [0.15, 0.2) is 0 Å². The van der Waals surface area contributed by atoms with Crippen LogP contribution in [0.1, 0.15) is 22.3 Å². The van der Waals surface area contributed by atoms with Gasteiger partial charge in [-0.15, -0.1) is 0 Å². The number of Topliss-reactive ketones (excluding diaryl/α,β-unsaturated/α-hetero) is 1. The Balaban J connectivity index is 1.49. The summed E-state index contributed by atoms with van der Waals surface area (Å²) in [6.45, 7) is 2.31. The van der Waals surface area contributed by atoms with Crippen molar-refractivity contribution in [3.63, 3.8) is 0 Å². The number of carbonyl (C=O) groups is 3. The van der Waals surface area contributed by atoms with Gasteiger partial charge in [-0.2, -0.15) is 0 Å². The Hall–Kier alpha value is -3.32. The molecule has 8 heteroatoms. The lowest BCUT2D eigenvalue weighted by molar-refractivity contribution is -0.124. The molecule has 3 aromatic rings. The van der Waals surface area contributed by atoms with Gasteiger partial charge in [-0.3, -0.25) is 14.4 Å². The molecule has 0 radical (unpaired) electrons. The molecule has 0 aliphatic carbocycles. The molecule has 1 aliphatic rings. The van der Waals surface area contributed by atoms with E-state index in [2.05, 4.69) is 10.3 Å². The van der Waals surface area contributed by atoms with Gasteiger partial charge < -0.3 is 20.9 Å². The van der Waals surface area contributed by atoms with Gasteiger partial charge in [-0.1, -0.05) is 17.7 Å². The van der Waals surface area contributed by atoms with E-state index in [0.717, 1.165) is 5.56 Å². The van der Waals surface area contributed by atoms with Crippen LogP contribution in [0.3, 0.4) is 0 Å². The Labute approximate surface area is 171 Å². The summed E-state index contributed by atoms with van der Waals surface area (Å²) in [5, 5.41) is 3.70. The summed E-state index contributed by atoms with van der Waals surface area (Å²) in [7, 11) is 0. The maximum atomic E-state index is 12.7. The highest BCUT2D eigenvalue weighted by Crippen LogP contribution is 2.27. The fourth-order valence-electron chi connectivity index (χ4n) is 3.49. The number of halogens is 1. The van der Waals surface area contributed by atoms with Gasteiger partial charge in [-0.05, 0) is 49.2 Å². The molecule has 7 nitrogen and oxygen atoms in total. The molecule has 1 saturated heterocycles. The molecular weight excluding hydrogens is 392 g/mol. The summed E-state index contributed by atoms with van der Waals surface area (Å²) < 4.78 is 0. The number of rotatable bonds is 4. The topological polar surface area (TPSA) is 108 Å². The van der Waals surface area contributed by atoms with Crippen LogP contribution < -0.4 is 16.0 Å². The summed E-state index contributed by atoms with van der Waals surface area (Å²) in [5.41, 5.74) is 8.78. The Bertz CT molecular complexity index is 1150. The third-order valence-electron chi connectivity index (χ3n) is 5.13. The molecule has 0 bridgehead atoms. The van der Waals surface area contributed by atoms with Crippen molar-refractivity contribution in [1.82, 2.24) is 10.3 Å². The summed E-state index contributed by atoms with van der Waals surface area (Å²) in [5.74, 6) is -1.81. The van der Waals surface area contributed by atoms with Gasteiger partial charge in [-0.25, -0.2) is 0 Å². The fraction of sp³-hybridized carbons (Fsp3) is 0.190. The first-order chi connectivity index (χ1) is 13.8. The molecule has 1 unspecified atom stereocenters. The summed E-state index contributed by atoms with van der Waals surface area (Å²) in [4.78, 5) is 42.4. The first-order valence-electron chi connectivity index (χ1n) is 9.14. The van der Waals surface area contributed by atoms with Crippen molar-refractivity contribution in [3.05, 3.63) is 58.7 Å². The number of hydrogen-bond acceptors (Lipinski definition) is 4. The molecule has 1 atom stereocenters. The average molecular weight is 411 g/mol. The van der Waals surface area contributed by atoms with E-state index in [4.69, 9.17) is 17.3 Å². The average Bonchev–Trinajstić information content (AvgIpc) is 3.27. The number of nitrogens with two attached hydrogens (primary N) is 1. The number of ketones is 1. The highest BCUT2D eigenvalue weighted by atomic mass is 35.5. The van der Waals surface area contributed by atoms with Crippen LogP contribution >= 0.6 is 11.6 Å². The second-order valence-electron chi connectivity index (χ2n) is 7.07. The van der Waals surface area contributed by atoms with Gasteiger partial charge in [0.05, 0.1) is 5.56 Å². The summed E-state index contributed by atoms with van der Waals surface area (Å²) in [6.07, 6.45) is 1.88. The molecule has 1 aliphatic heterocycles. The van der Waals surface area contributed by atoms with Crippen LogP contribution in [0.15, 0.2) is 42.6 Å². The van der Waals surface area contributed by atoms with Crippen molar-refractivity contribution in [1.29, 1.82) is 0 Å². The van der Waals surface area contributed by atoms with E-state index in [-0.39, 0.29) is 11.5 Å². The number of carbonyl (C=O) groups excluding carboxylic acids is 3. The number of benzene rings is 2. The zero-order chi connectivity index (χ0) is 20.7. The number of nitrogens with zero attached hydrogens (tertiary/aromatic N) is 1. The van der Waals surface area contributed by atoms with E-state index in [1.165, 1.54) is 6.20 Å². The van der Waals surface area contributed by atoms with Crippen molar-refractivity contribution in [2.24, 2.45) is 0 Å². The van der Waals surface area contributed by atoms with Crippen LogP contribution in [-0.2, 0) is 9.59 Å². The van der Waals surface area contributed by atoms with Crippen LogP contribution in [0, 0.1) is 6.92 Å². The lowest BCUT2D eigenvalue weighted by Gasteiger charge is -2.18. The maximum absolute atomic E-state index is 12.7. The second-order valence-corrected chi connectivity index (χ2v) is 7.48. The number of aromatic amines is 1. The molecule has 1 fully saturated rings. The largest absolute Gasteiger partial charge is 0.399 e. The van der Waals surface area contributed by atoms with Crippen LogP contribution in [0.4, 0.5) is 11.4 Å². The number of aromatic nitrogens is 1. The Kier molecular flexibility index (Phi) is 4.76. The smallest absolute Gasteiger partial charge is 0.293 e. The lowest BCUT2D eigenvalue weighted by Crippen LogP contribution is -2.44. The minimum absolute atomic E-state index is 0.220. The number of hydrogen-bond donors (Lipinski definition) is 3. The Morgan fingerprint density at radius 2 is 2.03 bits per heavy atom. The van der Waals surface area contributed by atoms with Gasteiger partial charge >= 0.3 is 0 Å². The predicted octanol–water partition coefficient (Wildman–Crippen LogP) is 2.82. The van der Waals surface area contributed by atoms with E-state index in [1.54, 1.807) is 29.2 Å². The first-order valence-corrected chi connectivity index (χ1v) is 9.52. The summed E-state index contributed by atoms with van der Waals surface area (Å²) >= 11 is 6.15. The normalized spacial score (nSPS) is 16.4. The van der Waals surface area contributed by atoms with Crippen LogP contribution in [0.5, 0.6) is 0 Å². The Morgan fingerprint density at radius 1 is 1.24 bits per heavy atom. The standard InChI is InChI=1S/C21H19ClN4O3/c1-11-2-4-13(9-16(11)22)26-7-6-18(21(26)29)25-20(28)19(27)15-10-24-17-5-3-12(23)8-14(15)17/h2-5,8-10,18,24H,6-7,23H2,1H3,(H,25,28). The van der Waals surface area contributed by atoms with Crippen LogP contribution in [0.25, 0.3) is 10.9 Å². The zero-order valence-electron chi connectivity index (χ0n) is 15.7. The minimum atomic E-state index is -0.824. The van der Waals surface area contributed by atoms with E-state index in [9.17, 15) is 14.4 Å². The molecule has 29 heavy (non-hydrogen) atoms. The van der Waals surface area contributed by atoms with E-state index in [0.29, 0.717) is 40.3 Å². The third kappa shape index (κ3) is 3.45. The van der Waals surface area contributed by atoms with Crippen molar-refractivity contribution in [3.8, 4) is 0 Å². The SMILES string of the molecule is Cc1ccc(N2CCC(NC(=O)C(=O)c3c[nH]c4ccc(N)cc34)C2=O)cc1Cl. The van der Waals surface area contributed by atoms with Crippen molar-refractivity contribution in [2.75, 3.05) is 17.2 Å². The van der Waals surface area contributed by atoms with Gasteiger partial charge in [0.25, 0.3) is 11.7 Å². The quantitative estimate of drug-likeness (QED) is 0.349. The minimum Gasteiger partial charge on any atom is -0.399 e. The summed E-state index contributed by atoms with van der Waals surface area (Å²) in [6, 6.07) is 9.69. The molecule has 0 spiro atoms. The molecular formula is C21H19ClN4O3. The molecule has 148 valence electrons. The lowest BCUT2D eigenvalue weighted by atomic mass is 10.1. The third-order valence-corrected chi connectivity index (χ3v) is 5.54. The van der Waals surface area contributed by atoms with Crippen LogP contribution in [0.2, 0.25) is 5.02 Å². The molecule has 1 aromatic heterocycles. The van der Waals surface area contributed by atoms with Crippen molar-refractivity contribution in [2.45, 2.75) is 19.4 Å². The highest BCUT2D eigenvalue weighted by molar-refractivity contribution is 6.45. The van der Waals surface area contributed by atoms with Crippen molar-refractivity contribution >= 4 is 51.5 Å². The van der Waals surface area contributed by atoms with Gasteiger partial charge in [0.2, 0.25) is 5.91 Å². The van der Waals surface area contributed by atoms with Gasteiger partial charge in [0, 0.05) is 40.0 Å². The second kappa shape index (κ2) is 7.25. The highest BCUT2D eigenvalue weighted by Gasteiger charge is 2.35. The maximum Gasteiger partial charge on any atom is 0.293 e. The molecule has 2 amide bonds. The number of nitrogens with one attached hydrogen (secondary N) is 2. The molecule has 2 heterocycles. The van der Waals surface area contributed by atoms with E-state index in [1.807, 2.05) is 19.1 Å². The molecule has 4 N–H and O–H groups in total. The number of amides is 2. The van der Waals surface area contributed by atoms with E-state index < -0.39 is 17.7 Å². The first kappa shape index (κ1) is 19.0. The number of H-pyrrole nitrogens is 1. The van der Waals surface area contributed by atoms with Gasteiger partial charge in [0.1, 0.15) is 6.04 Å². The monoisotopic (exact) mass is 410 g/mol. The molecule has 0 saturated carbocycles. The van der Waals surface area contributed by atoms with Crippen molar-refractivity contribution < 1.29 is 14.4 Å². The van der Waals surface area contributed by atoms with Crippen LogP contribution in [-0.4, -0.2) is 35.2 Å². The molecule has 4 rings (SSSR count). The fourth-order valence-corrected chi connectivity index (χ4v) is 3.67. The Morgan fingerprint density at radius 3 is 2.79 bits per heavy atom. The number of nitrogen functional groups attached to an aromatic ring is 1. The predicted molar refractivity (Wildman–Crippen MR) is 112 cm³/mol.